The number of hydrogen-bond donors (Lipinski definition) is 2. The Morgan fingerprint density at radius 1 is 1.37 bits per heavy atom. The summed E-state index contributed by atoms with van der Waals surface area (Å²) in [6.45, 7) is 7.48. The van der Waals surface area contributed by atoms with E-state index in [2.05, 4.69) is 12.2 Å². The molecule has 0 aliphatic heterocycles. The highest BCUT2D eigenvalue weighted by Gasteiger charge is 2.03. The van der Waals surface area contributed by atoms with Crippen LogP contribution in [0, 0.1) is 6.92 Å². The summed E-state index contributed by atoms with van der Waals surface area (Å²) in [7, 11) is 0. The third kappa shape index (κ3) is 5.85. The van der Waals surface area contributed by atoms with Crippen LogP contribution < -0.4 is 11.1 Å². The number of carbonyl (C=O) groups excluding carboxylic acids is 1. The van der Waals surface area contributed by atoms with Gasteiger partial charge in [0.15, 0.2) is 0 Å². The van der Waals surface area contributed by atoms with Gasteiger partial charge in [-0.25, -0.2) is 0 Å². The first-order chi connectivity index (χ1) is 9.15. The Kier molecular flexibility index (Phi) is 7.15. The van der Waals surface area contributed by atoms with Crippen LogP contribution in [0.3, 0.4) is 0 Å². The number of nitrogens with two attached hydrogens (primary N) is 1. The van der Waals surface area contributed by atoms with E-state index < -0.39 is 0 Å². The van der Waals surface area contributed by atoms with Gasteiger partial charge in [-0.1, -0.05) is 13.0 Å². The number of aryl methyl sites for hydroxylation is 1. The standard InChI is InChI=1S/C15H24N2O2/c1-3-8-19-9-4-7-17-11-14-6-5-13(15(16)18)10-12(14)2/h5-6,10,17H,3-4,7-9,11H2,1-2H3,(H2,16,18). The fourth-order valence-electron chi connectivity index (χ4n) is 1.82. The molecule has 4 heteroatoms. The highest BCUT2D eigenvalue weighted by molar-refractivity contribution is 5.93. The maximum Gasteiger partial charge on any atom is 0.248 e. The van der Waals surface area contributed by atoms with E-state index in [0.717, 1.165) is 44.7 Å². The van der Waals surface area contributed by atoms with E-state index in [-0.39, 0.29) is 5.91 Å². The van der Waals surface area contributed by atoms with Crippen molar-refractivity contribution in [1.82, 2.24) is 5.32 Å². The smallest absolute Gasteiger partial charge is 0.248 e. The van der Waals surface area contributed by atoms with Gasteiger partial charge in [-0.15, -0.1) is 0 Å². The SMILES string of the molecule is CCCOCCCNCc1ccc(C(N)=O)cc1C. The molecule has 0 atom stereocenters. The van der Waals surface area contributed by atoms with Crippen molar-refractivity contribution in [3.05, 3.63) is 34.9 Å². The van der Waals surface area contributed by atoms with Gasteiger partial charge in [0.05, 0.1) is 0 Å². The van der Waals surface area contributed by atoms with Crippen molar-refractivity contribution in [3.63, 3.8) is 0 Å². The van der Waals surface area contributed by atoms with Gasteiger partial charge < -0.3 is 15.8 Å². The molecule has 0 aliphatic carbocycles. The summed E-state index contributed by atoms with van der Waals surface area (Å²) in [4.78, 5) is 11.0. The minimum absolute atomic E-state index is 0.379. The minimum atomic E-state index is -0.379. The van der Waals surface area contributed by atoms with Gasteiger partial charge in [0.2, 0.25) is 5.91 Å². The predicted molar refractivity (Wildman–Crippen MR) is 77.1 cm³/mol. The van der Waals surface area contributed by atoms with Crippen LogP contribution in [0.15, 0.2) is 18.2 Å². The van der Waals surface area contributed by atoms with Crippen LogP contribution in [-0.4, -0.2) is 25.7 Å². The zero-order chi connectivity index (χ0) is 14.1. The molecule has 0 aromatic heterocycles. The first-order valence-electron chi connectivity index (χ1n) is 6.83. The number of primary amides is 1. The molecule has 3 N–H and O–H groups in total. The molecule has 106 valence electrons. The number of hydrogen-bond acceptors (Lipinski definition) is 3. The van der Waals surface area contributed by atoms with Crippen molar-refractivity contribution in [3.8, 4) is 0 Å². The Bertz CT molecular complexity index is 405. The number of amides is 1. The van der Waals surface area contributed by atoms with Crippen molar-refractivity contribution in [2.75, 3.05) is 19.8 Å². The summed E-state index contributed by atoms with van der Waals surface area (Å²) in [5, 5.41) is 3.37. The van der Waals surface area contributed by atoms with Gasteiger partial charge in [0, 0.05) is 25.3 Å². The summed E-state index contributed by atoms with van der Waals surface area (Å²) >= 11 is 0. The van der Waals surface area contributed by atoms with Crippen LogP contribution in [0.4, 0.5) is 0 Å². The molecule has 1 aromatic carbocycles. The maximum absolute atomic E-state index is 11.0. The van der Waals surface area contributed by atoms with E-state index in [0.29, 0.717) is 5.56 Å². The Labute approximate surface area is 115 Å². The third-order valence-electron chi connectivity index (χ3n) is 2.93. The lowest BCUT2D eigenvalue weighted by Crippen LogP contribution is -2.17. The summed E-state index contributed by atoms with van der Waals surface area (Å²) < 4.78 is 5.41. The van der Waals surface area contributed by atoms with Gasteiger partial charge in [-0.3, -0.25) is 4.79 Å². The zero-order valence-electron chi connectivity index (χ0n) is 11.9. The zero-order valence-corrected chi connectivity index (χ0v) is 11.9. The molecule has 19 heavy (non-hydrogen) atoms. The first-order valence-corrected chi connectivity index (χ1v) is 6.83. The Morgan fingerprint density at radius 2 is 2.16 bits per heavy atom. The molecule has 0 aliphatic rings. The van der Waals surface area contributed by atoms with E-state index in [1.165, 1.54) is 5.56 Å². The topological polar surface area (TPSA) is 64.3 Å². The van der Waals surface area contributed by atoms with Crippen molar-refractivity contribution in [2.45, 2.75) is 33.2 Å². The van der Waals surface area contributed by atoms with Gasteiger partial charge in [-0.2, -0.15) is 0 Å². The highest BCUT2D eigenvalue weighted by Crippen LogP contribution is 2.10. The highest BCUT2D eigenvalue weighted by atomic mass is 16.5. The number of carbonyl (C=O) groups is 1. The van der Waals surface area contributed by atoms with E-state index in [1.54, 1.807) is 6.07 Å². The number of nitrogens with one attached hydrogen (secondary N) is 1. The minimum Gasteiger partial charge on any atom is -0.381 e. The third-order valence-corrected chi connectivity index (χ3v) is 2.93. The first kappa shape index (κ1) is 15.7. The van der Waals surface area contributed by atoms with Gasteiger partial charge in [-0.05, 0) is 49.6 Å². The fraction of sp³-hybridized carbons (Fsp3) is 0.533. The van der Waals surface area contributed by atoms with Crippen molar-refractivity contribution in [2.24, 2.45) is 5.73 Å². The monoisotopic (exact) mass is 264 g/mol. The fourth-order valence-corrected chi connectivity index (χ4v) is 1.82. The average Bonchev–Trinajstić information content (AvgIpc) is 2.39. The predicted octanol–water partition coefficient (Wildman–Crippen LogP) is 2.00. The lowest BCUT2D eigenvalue weighted by atomic mass is 10.0. The molecule has 0 spiro atoms. The molecule has 1 amide bonds. The summed E-state index contributed by atoms with van der Waals surface area (Å²) in [5.41, 5.74) is 8.09. The average molecular weight is 264 g/mol. The van der Waals surface area contributed by atoms with Crippen LogP contribution in [0.1, 0.15) is 41.3 Å². The number of rotatable bonds is 9. The van der Waals surface area contributed by atoms with Crippen LogP contribution in [0.5, 0.6) is 0 Å². The Morgan fingerprint density at radius 3 is 2.79 bits per heavy atom. The number of benzene rings is 1. The molecule has 4 nitrogen and oxygen atoms in total. The maximum atomic E-state index is 11.0. The lowest BCUT2D eigenvalue weighted by molar-refractivity contribution is 0.1000. The van der Waals surface area contributed by atoms with Gasteiger partial charge >= 0.3 is 0 Å². The molecule has 0 fully saturated rings. The van der Waals surface area contributed by atoms with Crippen molar-refractivity contribution in [1.29, 1.82) is 0 Å². The van der Waals surface area contributed by atoms with E-state index in [9.17, 15) is 4.79 Å². The molecule has 0 unspecified atom stereocenters. The molecular weight excluding hydrogens is 240 g/mol. The van der Waals surface area contributed by atoms with Crippen LogP contribution in [0.25, 0.3) is 0 Å². The van der Waals surface area contributed by atoms with Crippen molar-refractivity contribution >= 4 is 5.91 Å². The Hall–Kier alpha value is -1.39. The summed E-state index contributed by atoms with van der Waals surface area (Å²) in [6.07, 6.45) is 2.08. The van der Waals surface area contributed by atoms with Crippen molar-refractivity contribution < 1.29 is 9.53 Å². The molecule has 0 radical (unpaired) electrons. The van der Waals surface area contributed by atoms with E-state index in [1.807, 2.05) is 19.1 Å². The normalized spacial score (nSPS) is 10.6. The van der Waals surface area contributed by atoms with E-state index in [4.69, 9.17) is 10.5 Å². The lowest BCUT2D eigenvalue weighted by Gasteiger charge is -2.09. The second kappa shape index (κ2) is 8.67. The molecule has 0 bridgehead atoms. The number of ether oxygens (including phenoxy) is 1. The largest absolute Gasteiger partial charge is 0.381 e. The summed E-state index contributed by atoms with van der Waals surface area (Å²) in [6, 6.07) is 5.57. The second-order valence-electron chi connectivity index (χ2n) is 4.65. The quantitative estimate of drug-likeness (QED) is 0.670. The molecule has 0 saturated heterocycles. The molecule has 0 saturated carbocycles. The van der Waals surface area contributed by atoms with Crippen LogP contribution >= 0.6 is 0 Å². The molecule has 1 rings (SSSR count). The molecular formula is C15H24N2O2. The molecule has 1 aromatic rings. The van der Waals surface area contributed by atoms with Gasteiger partial charge in [0.25, 0.3) is 0 Å². The Balaban J connectivity index is 2.28. The van der Waals surface area contributed by atoms with E-state index >= 15 is 0 Å². The van der Waals surface area contributed by atoms with Gasteiger partial charge in [0.1, 0.15) is 0 Å². The molecule has 0 heterocycles. The van der Waals surface area contributed by atoms with Crippen LogP contribution in [0.2, 0.25) is 0 Å². The van der Waals surface area contributed by atoms with Crippen LogP contribution in [-0.2, 0) is 11.3 Å². The summed E-state index contributed by atoms with van der Waals surface area (Å²) in [5.74, 6) is -0.379. The second-order valence-corrected chi connectivity index (χ2v) is 4.65.